The third-order valence-corrected chi connectivity index (χ3v) is 3.77. The van der Waals surface area contributed by atoms with Crippen LogP contribution in [0.5, 0.6) is 0 Å². The Hall–Kier alpha value is 0.270. The molecule has 0 heterocycles. The van der Waals surface area contributed by atoms with Gasteiger partial charge in [-0.2, -0.15) is 11.8 Å². The van der Waals surface area contributed by atoms with Crippen LogP contribution in [0.15, 0.2) is 0 Å². The van der Waals surface area contributed by atoms with Crippen molar-refractivity contribution in [3.05, 3.63) is 0 Å². The Kier molecular flexibility index (Phi) is 5.28. The summed E-state index contributed by atoms with van der Waals surface area (Å²) in [6.07, 6.45) is 8.08. The molecule has 1 aliphatic carbocycles. The number of aliphatic hydroxyl groups is 1. The lowest BCUT2D eigenvalue weighted by molar-refractivity contribution is 0.144. The van der Waals surface area contributed by atoms with Gasteiger partial charge in [-0.15, -0.1) is 0 Å². The molecule has 0 aromatic heterocycles. The van der Waals surface area contributed by atoms with Gasteiger partial charge in [0.2, 0.25) is 0 Å². The van der Waals surface area contributed by atoms with Crippen LogP contribution in [0.2, 0.25) is 0 Å². The maximum absolute atomic E-state index is 9.48. The van der Waals surface area contributed by atoms with E-state index in [1.54, 1.807) is 0 Å². The molecule has 0 aromatic rings. The van der Waals surface area contributed by atoms with Gasteiger partial charge in [-0.25, -0.2) is 0 Å². The minimum absolute atomic E-state index is 0.0108. The monoisotopic (exact) mass is 217 g/mol. The van der Waals surface area contributed by atoms with Crippen LogP contribution in [0.3, 0.4) is 0 Å². The Morgan fingerprint density at radius 3 is 2.64 bits per heavy atom. The minimum atomic E-state index is 0.0108. The molecule has 1 unspecified atom stereocenters. The minimum Gasteiger partial charge on any atom is -0.394 e. The second kappa shape index (κ2) is 5.99. The maximum Gasteiger partial charge on any atom is 0.0613 e. The highest BCUT2D eigenvalue weighted by atomic mass is 32.2. The molecule has 3 heteroatoms. The van der Waals surface area contributed by atoms with Crippen molar-refractivity contribution in [1.29, 1.82) is 0 Å². The van der Waals surface area contributed by atoms with Gasteiger partial charge in [0.05, 0.1) is 6.61 Å². The number of aliphatic hydroxyl groups excluding tert-OH is 1. The van der Waals surface area contributed by atoms with Crippen LogP contribution in [-0.4, -0.2) is 35.3 Å². The Morgan fingerprint density at radius 2 is 2.21 bits per heavy atom. The number of thioether (sulfide) groups is 1. The van der Waals surface area contributed by atoms with E-state index in [-0.39, 0.29) is 12.1 Å². The predicted octanol–water partition coefficient (Wildman–Crippen LogP) is 2.02. The van der Waals surface area contributed by atoms with Crippen LogP contribution >= 0.6 is 11.8 Å². The van der Waals surface area contributed by atoms with E-state index in [1.807, 2.05) is 11.8 Å². The van der Waals surface area contributed by atoms with Crippen molar-refractivity contribution in [2.75, 3.05) is 18.6 Å². The zero-order valence-electron chi connectivity index (χ0n) is 9.38. The fourth-order valence-corrected chi connectivity index (χ4v) is 2.24. The van der Waals surface area contributed by atoms with Crippen molar-refractivity contribution in [3.8, 4) is 0 Å². The van der Waals surface area contributed by atoms with Crippen LogP contribution in [0.25, 0.3) is 0 Å². The fraction of sp³-hybridized carbons (Fsp3) is 1.00. The van der Waals surface area contributed by atoms with Gasteiger partial charge in [0.25, 0.3) is 0 Å². The van der Waals surface area contributed by atoms with E-state index in [0.717, 1.165) is 12.8 Å². The summed E-state index contributed by atoms with van der Waals surface area (Å²) < 4.78 is 0. The SMILES string of the molecule is CCC(CO)(CCCSC)NC1CC1. The Morgan fingerprint density at radius 1 is 1.50 bits per heavy atom. The van der Waals surface area contributed by atoms with E-state index in [0.29, 0.717) is 6.04 Å². The molecule has 0 radical (unpaired) electrons. The molecule has 0 aliphatic heterocycles. The van der Waals surface area contributed by atoms with Crippen molar-refractivity contribution < 1.29 is 5.11 Å². The first kappa shape index (κ1) is 12.3. The molecule has 0 saturated heterocycles. The number of hydrogen-bond acceptors (Lipinski definition) is 3. The van der Waals surface area contributed by atoms with E-state index in [2.05, 4.69) is 18.5 Å². The highest BCUT2D eigenvalue weighted by Crippen LogP contribution is 2.27. The number of rotatable bonds is 8. The van der Waals surface area contributed by atoms with Gasteiger partial charge < -0.3 is 10.4 Å². The third kappa shape index (κ3) is 3.79. The molecule has 1 aliphatic rings. The molecule has 14 heavy (non-hydrogen) atoms. The van der Waals surface area contributed by atoms with Gasteiger partial charge in [-0.3, -0.25) is 0 Å². The van der Waals surface area contributed by atoms with Crippen molar-refractivity contribution in [2.24, 2.45) is 0 Å². The molecule has 1 saturated carbocycles. The van der Waals surface area contributed by atoms with Crippen molar-refractivity contribution in [2.45, 2.75) is 50.6 Å². The Bertz CT molecular complexity index is 155. The van der Waals surface area contributed by atoms with Crippen molar-refractivity contribution in [1.82, 2.24) is 5.32 Å². The average molecular weight is 217 g/mol. The lowest BCUT2D eigenvalue weighted by Gasteiger charge is -2.32. The summed E-state index contributed by atoms with van der Waals surface area (Å²) in [6.45, 7) is 2.46. The summed E-state index contributed by atoms with van der Waals surface area (Å²) >= 11 is 1.89. The highest BCUT2D eigenvalue weighted by molar-refractivity contribution is 7.98. The Labute approximate surface area is 91.9 Å². The largest absolute Gasteiger partial charge is 0.394 e. The topological polar surface area (TPSA) is 32.3 Å². The van der Waals surface area contributed by atoms with E-state index in [1.165, 1.54) is 25.0 Å². The molecule has 0 amide bonds. The molecule has 0 bridgehead atoms. The Balaban J connectivity index is 2.32. The molecule has 84 valence electrons. The lowest BCUT2D eigenvalue weighted by Crippen LogP contribution is -2.49. The van der Waals surface area contributed by atoms with Crippen LogP contribution in [-0.2, 0) is 0 Å². The van der Waals surface area contributed by atoms with Gasteiger partial charge in [0.15, 0.2) is 0 Å². The van der Waals surface area contributed by atoms with E-state index in [4.69, 9.17) is 0 Å². The smallest absolute Gasteiger partial charge is 0.0613 e. The average Bonchev–Trinajstić information content (AvgIpc) is 3.00. The second-order valence-corrected chi connectivity index (χ2v) is 5.29. The molecule has 2 nitrogen and oxygen atoms in total. The molecule has 0 aromatic carbocycles. The summed E-state index contributed by atoms with van der Waals surface area (Å²) in [5, 5.41) is 13.1. The summed E-state index contributed by atoms with van der Waals surface area (Å²) in [5.41, 5.74) is 0.0108. The summed E-state index contributed by atoms with van der Waals surface area (Å²) in [6, 6.07) is 0.691. The van der Waals surface area contributed by atoms with E-state index < -0.39 is 0 Å². The molecule has 0 spiro atoms. The summed E-state index contributed by atoms with van der Waals surface area (Å²) in [4.78, 5) is 0. The quantitative estimate of drug-likeness (QED) is 0.610. The van der Waals surface area contributed by atoms with E-state index in [9.17, 15) is 5.11 Å². The lowest BCUT2D eigenvalue weighted by atomic mass is 9.91. The fourth-order valence-electron chi connectivity index (χ4n) is 1.80. The number of hydrogen-bond donors (Lipinski definition) is 2. The third-order valence-electron chi connectivity index (χ3n) is 3.07. The zero-order chi connectivity index (χ0) is 10.4. The maximum atomic E-state index is 9.48. The van der Waals surface area contributed by atoms with Gasteiger partial charge in [0, 0.05) is 11.6 Å². The first-order valence-electron chi connectivity index (χ1n) is 5.64. The summed E-state index contributed by atoms with van der Waals surface area (Å²) in [5.74, 6) is 1.20. The first-order chi connectivity index (χ1) is 6.76. The molecule has 1 rings (SSSR count). The molecular formula is C11H23NOS. The van der Waals surface area contributed by atoms with Gasteiger partial charge in [0.1, 0.15) is 0 Å². The molecule has 2 N–H and O–H groups in total. The molecule has 1 atom stereocenters. The van der Waals surface area contributed by atoms with E-state index >= 15 is 0 Å². The predicted molar refractivity (Wildman–Crippen MR) is 63.9 cm³/mol. The second-order valence-electron chi connectivity index (χ2n) is 4.31. The van der Waals surface area contributed by atoms with Gasteiger partial charge in [-0.05, 0) is 44.1 Å². The van der Waals surface area contributed by atoms with Crippen LogP contribution < -0.4 is 5.32 Å². The van der Waals surface area contributed by atoms with Crippen LogP contribution in [0.4, 0.5) is 0 Å². The van der Waals surface area contributed by atoms with Crippen molar-refractivity contribution >= 4 is 11.8 Å². The zero-order valence-corrected chi connectivity index (χ0v) is 10.2. The van der Waals surface area contributed by atoms with Crippen LogP contribution in [0, 0.1) is 0 Å². The molecule has 1 fully saturated rings. The first-order valence-corrected chi connectivity index (χ1v) is 7.03. The van der Waals surface area contributed by atoms with Crippen LogP contribution in [0.1, 0.15) is 39.0 Å². The normalized spacial score (nSPS) is 20.8. The standard InChI is InChI=1S/C11H23NOS/c1-3-11(9-13,7-4-8-14-2)12-10-5-6-10/h10,12-13H,3-9H2,1-2H3. The summed E-state index contributed by atoms with van der Waals surface area (Å²) in [7, 11) is 0. The number of nitrogens with one attached hydrogen (secondary N) is 1. The highest BCUT2D eigenvalue weighted by Gasteiger charge is 2.33. The molecular weight excluding hydrogens is 194 g/mol. The van der Waals surface area contributed by atoms with Gasteiger partial charge >= 0.3 is 0 Å². The van der Waals surface area contributed by atoms with Gasteiger partial charge in [-0.1, -0.05) is 6.92 Å². The van der Waals surface area contributed by atoms with Crippen molar-refractivity contribution in [3.63, 3.8) is 0 Å².